The molecule has 0 aliphatic heterocycles. The van der Waals surface area contributed by atoms with Crippen LogP contribution in [0.15, 0.2) is 67.0 Å². The minimum absolute atomic E-state index is 0.0699. The summed E-state index contributed by atoms with van der Waals surface area (Å²) in [5.41, 5.74) is 1.06. The summed E-state index contributed by atoms with van der Waals surface area (Å²) in [6.07, 6.45) is 1.25. The average Bonchev–Trinajstić information content (AvgIpc) is 2.74. The van der Waals surface area contributed by atoms with Crippen LogP contribution in [0, 0.1) is 10.1 Å². The van der Waals surface area contributed by atoms with Gasteiger partial charge in [-0.15, -0.1) is 0 Å². The third-order valence-electron chi connectivity index (χ3n) is 4.64. The second-order valence-corrected chi connectivity index (χ2v) is 7.16. The molecule has 160 valence electrons. The monoisotopic (exact) mass is 420 g/mol. The number of hydrogen-bond donors (Lipinski definition) is 1. The number of aliphatic carboxylic acids is 1. The van der Waals surface area contributed by atoms with Crippen molar-refractivity contribution in [2.75, 3.05) is 10.2 Å². The number of rotatable bonds is 9. The van der Waals surface area contributed by atoms with Gasteiger partial charge in [0.15, 0.2) is 0 Å². The molecule has 0 aliphatic rings. The van der Waals surface area contributed by atoms with E-state index >= 15 is 0 Å². The van der Waals surface area contributed by atoms with E-state index in [1.807, 2.05) is 50.2 Å². The number of para-hydroxylation sites is 1. The van der Waals surface area contributed by atoms with E-state index in [9.17, 15) is 20.0 Å². The predicted molar refractivity (Wildman–Crippen MR) is 115 cm³/mol. The van der Waals surface area contributed by atoms with E-state index in [4.69, 9.17) is 0 Å². The molecule has 1 heterocycles. The van der Waals surface area contributed by atoms with Crippen molar-refractivity contribution in [2.24, 2.45) is 0 Å². The summed E-state index contributed by atoms with van der Waals surface area (Å²) < 4.78 is 0. The molecule has 0 amide bonds. The Hall–Kier alpha value is -4.01. The number of nitro groups is 1. The molecule has 9 heteroatoms. The second kappa shape index (κ2) is 9.66. The molecule has 0 aliphatic carbocycles. The van der Waals surface area contributed by atoms with Crippen molar-refractivity contribution in [1.82, 2.24) is 9.97 Å². The van der Waals surface area contributed by atoms with E-state index in [0.29, 0.717) is 5.69 Å². The smallest absolute Gasteiger partial charge is 0.353 e. The molecule has 0 saturated carbocycles. The topological polar surface area (TPSA) is 124 Å². The lowest BCUT2D eigenvalue weighted by molar-refractivity contribution is -0.383. The molecule has 3 aromatic rings. The van der Waals surface area contributed by atoms with E-state index in [1.54, 1.807) is 29.2 Å². The van der Waals surface area contributed by atoms with Gasteiger partial charge >= 0.3 is 5.69 Å². The van der Waals surface area contributed by atoms with Gasteiger partial charge in [-0.25, -0.2) is 9.97 Å². The van der Waals surface area contributed by atoms with Crippen LogP contribution in [0.5, 0.6) is 0 Å². The largest absolute Gasteiger partial charge is 0.548 e. The van der Waals surface area contributed by atoms with E-state index in [2.05, 4.69) is 15.3 Å². The lowest BCUT2D eigenvalue weighted by Crippen LogP contribution is -2.42. The number of hydrogen-bond acceptors (Lipinski definition) is 8. The van der Waals surface area contributed by atoms with Crippen LogP contribution in [0.4, 0.5) is 23.0 Å². The molecule has 2 aromatic carbocycles. The van der Waals surface area contributed by atoms with Crippen molar-refractivity contribution in [2.45, 2.75) is 32.4 Å². The van der Waals surface area contributed by atoms with E-state index < -0.39 is 22.6 Å². The summed E-state index contributed by atoms with van der Waals surface area (Å²) in [4.78, 5) is 33.0. The summed E-state index contributed by atoms with van der Waals surface area (Å²) >= 11 is 0. The first-order valence-electron chi connectivity index (χ1n) is 9.73. The van der Waals surface area contributed by atoms with E-state index in [1.165, 1.54) is 6.33 Å². The van der Waals surface area contributed by atoms with Crippen LogP contribution in [0.2, 0.25) is 0 Å². The molecule has 0 saturated heterocycles. The molecule has 0 bridgehead atoms. The number of carbonyl (C=O) groups excluding carboxylic acids is 1. The van der Waals surface area contributed by atoms with Gasteiger partial charge in [0.1, 0.15) is 6.33 Å². The molecule has 0 fully saturated rings. The lowest BCUT2D eigenvalue weighted by atomic mass is 10.1. The van der Waals surface area contributed by atoms with Gasteiger partial charge in [-0.3, -0.25) is 10.1 Å². The third kappa shape index (κ3) is 5.13. The fourth-order valence-electron chi connectivity index (χ4n) is 3.28. The van der Waals surface area contributed by atoms with Crippen molar-refractivity contribution >= 4 is 29.0 Å². The second-order valence-electron chi connectivity index (χ2n) is 7.16. The van der Waals surface area contributed by atoms with Gasteiger partial charge in [0.05, 0.1) is 16.9 Å². The zero-order valence-electron chi connectivity index (χ0n) is 17.1. The Balaban J connectivity index is 2.03. The highest BCUT2D eigenvalue weighted by atomic mass is 16.6. The summed E-state index contributed by atoms with van der Waals surface area (Å²) in [5.74, 6) is -1.50. The van der Waals surface area contributed by atoms with Gasteiger partial charge in [-0.05, 0) is 38.0 Å². The van der Waals surface area contributed by atoms with E-state index in [-0.39, 0.29) is 24.1 Å². The van der Waals surface area contributed by atoms with E-state index in [0.717, 1.165) is 5.56 Å². The zero-order chi connectivity index (χ0) is 22.4. The van der Waals surface area contributed by atoms with Gasteiger partial charge in [0, 0.05) is 11.7 Å². The maximum absolute atomic E-state index is 12.0. The Bertz CT molecular complexity index is 1040. The van der Waals surface area contributed by atoms with Crippen LogP contribution in [-0.4, -0.2) is 32.9 Å². The molecule has 0 unspecified atom stereocenters. The van der Waals surface area contributed by atoms with Crippen molar-refractivity contribution in [3.8, 4) is 0 Å². The normalized spacial score (nSPS) is 11.7. The molecule has 1 N–H and O–H groups in total. The summed E-state index contributed by atoms with van der Waals surface area (Å²) in [6.45, 7) is 3.76. The summed E-state index contributed by atoms with van der Waals surface area (Å²) in [7, 11) is 0. The van der Waals surface area contributed by atoms with Gasteiger partial charge in [-0.1, -0.05) is 48.5 Å². The number of carboxylic acid groups (broad SMARTS) is 1. The molecule has 9 nitrogen and oxygen atoms in total. The van der Waals surface area contributed by atoms with Crippen molar-refractivity contribution in [3.05, 3.63) is 82.7 Å². The third-order valence-corrected chi connectivity index (χ3v) is 4.64. The maximum atomic E-state index is 12.0. The number of carboxylic acids is 1. The maximum Gasteiger partial charge on any atom is 0.353 e. The van der Waals surface area contributed by atoms with Crippen molar-refractivity contribution < 1.29 is 14.8 Å². The minimum Gasteiger partial charge on any atom is -0.548 e. The molecular weight excluding hydrogens is 398 g/mol. The Morgan fingerprint density at radius 2 is 1.68 bits per heavy atom. The van der Waals surface area contributed by atoms with Crippen LogP contribution < -0.4 is 15.3 Å². The van der Waals surface area contributed by atoms with Crippen LogP contribution in [0.1, 0.15) is 19.4 Å². The zero-order valence-corrected chi connectivity index (χ0v) is 17.1. The molecular formula is C22H22N5O4-. The van der Waals surface area contributed by atoms with Crippen LogP contribution in [0.3, 0.4) is 0 Å². The number of benzene rings is 2. The number of carbonyl (C=O) groups is 1. The first-order chi connectivity index (χ1) is 14.9. The number of nitrogens with zero attached hydrogens (tertiary/aromatic N) is 4. The Morgan fingerprint density at radius 1 is 1.06 bits per heavy atom. The van der Waals surface area contributed by atoms with Gasteiger partial charge < -0.3 is 20.1 Å². The Kier molecular flexibility index (Phi) is 6.76. The first-order valence-corrected chi connectivity index (χ1v) is 9.73. The summed E-state index contributed by atoms with van der Waals surface area (Å²) in [5, 5.41) is 26.4. The fourth-order valence-corrected chi connectivity index (χ4v) is 3.28. The highest BCUT2D eigenvalue weighted by Crippen LogP contribution is 2.37. The first kappa shape index (κ1) is 21.7. The Morgan fingerprint density at radius 3 is 2.23 bits per heavy atom. The molecule has 3 rings (SSSR count). The SMILES string of the molecule is CC(C)N(c1ccccc1)c1ncnc(N[C@@H](Cc2ccccc2)C(=O)[O-])c1[N+](=O)[O-]. The number of aromatic nitrogens is 2. The average molecular weight is 420 g/mol. The molecule has 0 spiro atoms. The molecule has 1 atom stereocenters. The summed E-state index contributed by atoms with van der Waals surface area (Å²) in [6, 6.07) is 16.7. The van der Waals surface area contributed by atoms with Crippen molar-refractivity contribution in [1.29, 1.82) is 0 Å². The molecule has 31 heavy (non-hydrogen) atoms. The molecule has 1 aromatic heterocycles. The van der Waals surface area contributed by atoms with Crippen LogP contribution >= 0.6 is 0 Å². The van der Waals surface area contributed by atoms with Gasteiger partial charge in [-0.2, -0.15) is 0 Å². The highest BCUT2D eigenvalue weighted by molar-refractivity contribution is 5.80. The van der Waals surface area contributed by atoms with Gasteiger partial charge in [0.25, 0.3) is 0 Å². The van der Waals surface area contributed by atoms with Gasteiger partial charge in [0.2, 0.25) is 11.6 Å². The lowest BCUT2D eigenvalue weighted by Gasteiger charge is -2.28. The predicted octanol–water partition coefficient (Wildman–Crippen LogP) is 2.70. The standard InChI is InChI=1S/C22H23N5O4/c1-15(2)26(17-11-7-4-8-12-17)21-19(27(30)31)20(23-14-24-21)25-18(22(28)29)13-16-9-5-3-6-10-16/h3-12,14-15,18H,13H2,1-2H3,(H,28,29)(H,23,24,25)/p-1/t18-/m0/s1. The Labute approximate surface area is 179 Å². The highest BCUT2D eigenvalue weighted by Gasteiger charge is 2.30. The minimum atomic E-state index is -1.39. The van der Waals surface area contributed by atoms with Crippen LogP contribution in [0.25, 0.3) is 0 Å². The van der Waals surface area contributed by atoms with Crippen molar-refractivity contribution in [3.63, 3.8) is 0 Å². The quantitative estimate of drug-likeness (QED) is 0.414. The molecule has 0 radical (unpaired) electrons. The number of nitrogens with one attached hydrogen (secondary N) is 1. The van der Waals surface area contributed by atoms with Crippen LogP contribution in [-0.2, 0) is 11.2 Å². The number of anilines is 3. The fraction of sp³-hybridized carbons (Fsp3) is 0.227.